The maximum atomic E-state index is 13.1. The van der Waals surface area contributed by atoms with Crippen molar-refractivity contribution in [3.63, 3.8) is 0 Å². The van der Waals surface area contributed by atoms with Crippen LogP contribution >= 0.6 is 0 Å². The van der Waals surface area contributed by atoms with Gasteiger partial charge >= 0.3 is 0 Å². The lowest BCUT2D eigenvalue weighted by atomic mass is 9.77. The summed E-state index contributed by atoms with van der Waals surface area (Å²) in [5.74, 6) is 0.559. The molecule has 0 heterocycles. The van der Waals surface area contributed by atoms with Crippen molar-refractivity contribution in [3.05, 3.63) is 63.7 Å². The number of hydrogen-bond acceptors (Lipinski definition) is 5. The lowest BCUT2D eigenvalue weighted by Gasteiger charge is -2.29. The van der Waals surface area contributed by atoms with Crippen molar-refractivity contribution in [1.29, 1.82) is 0 Å². The molecule has 0 aliphatic carbocycles. The van der Waals surface area contributed by atoms with E-state index in [1.807, 2.05) is 51.0 Å². The third kappa shape index (κ3) is 3.63. The quantitative estimate of drug-likeness (QED) is 0.453. The fraction of sp³-hybridized carbons (Fsp3) is 0.316. The normalized spacial score (nSPS) is 11.1. The molecule has 132 valence electrons. The fourth-order valence-corrected chi connectivity index (χ4v) is 2.75. The van der Waals surface area contributed by atoms with Crippen LogP contribution in [0.4, 0.5) is 11.4 Å². The van der Waals surface area contributed by atoms with Gasteiger partial charge in [0, 0.05) is 37.5 Å². The number of anilines is 1. The van der Waals surface area contributed by atoms with Crippen molar-refractivity contribution in [1.82, 2.24) is 0 Å². The van der Waals surface area contributed by atoms with Gasteiger partial charge in [0.1, 0.15) is 5.75 Å². The number of nitrogens with zero attached hydrogens (tertiary/aromatic N) is 2. The SMILES string of the molecule is COc1ccc(N(C)C)c(C(C)(C)C(=O)c2ccc([N+](=O)[O-])cc2)c1. The van der Waals surface area contributed by atoms with Crippen LogP contribution in [-0.2, 0) is 5.41 Å². The van der Waals surface area contributed by atoms with Crippen LogP contribution in [0.2, 0.25) is 0 Å². The second-order valence-corrected chi connectivity index (χ2v) is 6.54. The molecule has 0 saturated heterocycles. The number of methoxy groups -OCH3 is 1. The van der Waals surface area contributed by atoms with Crippen molar-refractivity contribution in [2.45, 2.75) is 19.3 Å². The van der Waals surface area contributed by atoms with E-state index in [9.17, 15) is 14.9 Å². The summed E-state index contributed by atoms with van der Waals surface area (Å²) in [5.41, 5.74) is 1.32. The number of carbonyl (C=O) groups is 1. The maximum absolute atomic E-state index is 13.1. The first-order valence-electron chi connectivity index (χ1n) is 7.83. The van der Waals surface area contributed by atoms with Crippen LogP contribution in [0.1, 0.15) is 29.8 Å². The van der Waals surface area contributed by atoms with Crippen molar-refractivity contribution in [3.8, 4) is 5.75 Å². The summed E-state index contributed by atoms with van der Waals surface area (Å²) >= 11 is 0. The highest BCUT2D eigenvalue weighted by Crippen LogP contribution is 2.37. The third-order valence-corrected chi connectivity index (χ3v) is 4.27. The molecule has 2 rings (SSSR count). The molecule has 2 aromatic carbocycles. The number of Topliss-reactive ketones (excluding diaryl/α,β-unsaturated/α-hetero) is 1. The topological polar surface area (TPSA) is 72.7 Å². The Morgan fingerprint density at radius 1 is 1.12 bits per heavy atom. The predicted octanol–water partition coefficient (Wildman–Crippen LogP) is 3.83. The van der Waals surface area contributed by atoms with E-state index in [1.165, 1.54) is 24.3 Å². The van der Waals surface area contributed by atoms with Gasteiger partial charge in [-0.15, -0.1) is 0 Å². The van der Waals surface area contributed by atoms with E-state index < -0.39 is 10.3 Å². The molecule has 0 unspecified atom stereocenters. The van der Waals surface area contributed by atoms with Gasteiger partial charge in [0.25, 0.3) is 5.69 Å². The van der Waals surface area contributed by atoms with Gasteiger partial charge in [-0.05, 0) is 49.7 Å². The van der Waals surface area contributed by atoms with E-state index in [2.05, 4.69) is 0 Å². The fourth-order valence-electron chi connectivity index (χ4n) is 2.75. The molecule has 0 saturated carbocycles. The molecule has 0 fully saturated rings. The molecule has 0 atom stereocenters. The lowest BCUT2D eigenvalue weighted by Crippen LogP contribution is -2.31. The van der Waals surface area contributed by atoms with Crippen LogP contribution in [0.5, 0.6) is 5.75 Å². The first-order chi connectivity index (χ1) is 11.7. The summed E-state index contributed by atoms with van der Waals surface area (Å²) in [4.78, 5) is 25.3. The average molecular weight is 342 g/mol. The Bertz CT molecular complexity index is 796. The summed E-state index contributed by atoms with van der Waals surface area (Å²) in [7, 11) is 5.41. The number of ether oxygens (including phenoxy) is 1. The Labute approximate surface area is 147 Å². The zero-order valence-electron chi connectivity index (χ0n) is 15.1. The largest absolute Gasteiger partial charge is 0.497 e. The number of nitro groups is 1. The first-order valence-corrected chi connectivity index (χ1v) is 7.83. The standard InChI is InChI=1S/C19H22N2O4/c1-19(2,16-12-15(25-5)10-11-17(16)20(3)4)18(22)13-6-8-14(9-7-13)21(23)24/h6-12H,1-5H3. The molecule has 0 amide bonds. The van der Waals surface area contributed by atoms with Crippen LogP contribution in [0.15, 0.2) is 42.5 Å². The van der Waals surface area contributed by atoms with Gasteiger partial charge in [0.15, 0.2) is 5.78 Å². The van der Waals surface area contributed by atoms with Crippen LogP contribution in [0.3, 0.4) is 0 Å². The molecule has 0 bridgehead atoms. The minimum Gasteiger partial charge on any atom is -0.497 e. The van der Waals surface area contributed by atoms with Gasteiger partial charge in [-0.1, -0.05) is 0 Å². The Morgan fingerprint density at radius 3 is 2.20 bits per heavy atom. The van der Waals surface area contributed by atoms with Crippen LogP contribution in [0, 0.1) is 10.1 Å². The molecule has 0 aliphatic heterocycles. The number of non-ortho nitro benzene ring substituents is 1. The number of benzene rings is 2. The van der Waals surface area contributed by atoms with Gasteiger partial charge in [-0.2, -0.15) is 0 Å². The van der Waals surface area contributed by atoms with Crippen LogP contribution in [0.25, 0.3) is 0 Å². The molecule has 6 nitrogen and oxygen atoms in total. The smallest absolute Gasteiger partial charge is 0.269 e. The first kappa shape index (κ1) is 18.4. The zero-order valence-corrected chi connectivity index (χ0v) is 15.1. The molecule has 2 aromatic rings. The number of nitro benzene ring substituents is 1. The highest BCUT2D eigenvalue weighted by molar-refractivity contribution is 6.04. The molecule has 0 radical (unpaired) electrons. The number of ketones is 1. The molecule has 6 heteroatoms. The van der Waals surface area contributed by atoms with E-state index in [1.54, 1.807) is 7.11 Å². The highest BCUT2D eigenvalue weighted by atomic mass is 16.6. The average Bonchev–Trinajstić information content (AvgIpc) is 2.60. The predicted molar refractivity (Wildman–Crippen MR) is 97.8 cm³/mol. The molecular formula is C19H22N2O4. The Balaban J connectivity index is 2.49. The van der Waals surface area contributed by atoms with E-state index in [0.717, 1.165) is 11.3 Å². The van der Waals surface area contributed by atoms with E-state index in [4.69, 9.17) is 4.74 Å². The third-order valence-electron chi connectivity index (χ3n) is 4.27. The van der Waals surface area contributed by atoms with Crippen LogP contribution < -0.4 is 9.64 Å². The van der Waals surface area contributed by atoms with Crippen molar-refractivity contribution in [2.24, 2.45) is 0 Å². The van der Waals surface area contributed by atoms with Gasteiger partial charge in [-0.25, -0.2) is 0 Å². The molecule has 0 aromatic heterocycles. The second kappa shape index (κ2) is 6.93. The van der Waals surface area contributed by atoms with E-state index in [0.29, 0.717) is 11.3 Å². The van der Waals surface area contributed by atoms with Crippen molar-refractivity contribution in [2.75, 3.05) is 26.1 Å². The Morgan fingerprint density at radius 2 is 1.72 bits per heavy atom. The number of carbonyl (C=O) groups excluding carboxylic acids is 1. The number of hydrogen-bond donors (Lipinski definition) is 0. The monoisotopic (exact) mass is 342 g/mol. The highest BCUT2D eigenvalue weighted by Gasteiger charge is 2.34. The molecule has 0 aliphatic rings. The summed E-state index contributed by atoms with van der Waals surface area (Å²) in [5, 5.41) is 10.8. The van der Waals surface area contributed by atoms with Gasteiger partial charge < -0.3 is 9.64 Å². The minimum atomic E-state index is -0.829. The second-order valence-electron chi connectivity index (χ2n) is 6.54. The zero-order chi connectivity index (χ0) is 18.8. The van der Waals surface area contributed by atoms with Crippen molar-refractivity contribution < 1.29 is 14.5 Å². The minimum absolute atomic E-state index is 0.0373. The van der Waals surface area contributed by atoms with Crippen LogP contribution in [-0.4, -0.2) is 31.9 Å². The Kier molecular flexibility index (Phi) is 5.11. The summed E-state index contributed by atoms with van der Waals surface area (Å²) in [6.07, 6.45) is 0. The van der Waals surface area contributed by atoms with Gasteiger partial charge in [-0.3, -0.25) is 14.9 Å². The van der Waals surface area contributed by atoms with E-state index >= 15 is 0 Å². The molecule has 0 spiro atoms. The van der Waals surface area contributed by atoms with E-state index in [-0.39, 0.29) is 11.5 Å². The molecule has 0 N–H and O–H groups in total. The molecular weight excluding hydrogens is 320 g/mol. The maximum Gasteiger partial charge on any atom is 0.269 e. The number of rotatable bonds is 6. The van der Waals surface area contributed by atoms with Crippen molar-refractivity contribution >= 4 is 17.2 Å². The molecule has 25 heavy (non-hydrogen) atoms. The summed E-state index contributed by atoms with van der Waals surface area (Å²) < 4.78 is 5.31. The summed E-state index contributed by atoms with van der Waals surface area (Å²) in [6, 6.07) is 11.3. The van der Waals surface area contributed by atoms with Gasteiger partial charge in [0.05, 0.1) is 17.4 Å². The van der Waals surface area contributed by atoms with Gasteiger partial charge in [0.2, 0.25) is 0 Å². The lowest BCUT2D eigenvalue weighted by molar-refractivity contribution is -0.384. The summed E-state index contributed by atoms with van der Waals surface area (Å²) in [6.45, 7) is 3.69. The Hall–Kier alpha value is -2.89.